The predicted octanol–water partition coefficient (Wildman–Crippen LogP) is 3.58. The lowest BCUT2D eigenvalue weighted by Gasteiger charge is -2.42. The maximum Gasteiger partial charge on any atom is 0.423 e. The van der Waals surface area contributed by atoms with Crippen LogP contribution in [0.15, 0.2) is 18.2 Å². The molecule has 0 radical (unpaired) electrons. The highest BCUT2D eigenvalue weighted by Gasteiger charge is 2.39. The number of hydrogen-bond donors (Lipinski definition) is 2. The zero-order chi connectivity index (χ0) is 16.4. The van der Waals surface area contributed by atoms with Gasteiger partial charge in [0.1, 0.15) is 5.56 Å². The third-order valence-electron chi connectivity index (χ3n) is 4.22. The van der Waals surface area contributed by atoms with Gasteiger partial charge in [0, 0.05) is 24.9 Å². The van der Waals surface area contributed by atoms with Crippen LogP contribution >= 0.6 is 0 Å². The molecule has 1 aliphatic rings. The minimum absolute atomic E-state index is 0.0374. The van der Waals surface area contributed by atoms with Crippen molar-refractivity contribution in [1.29, 1.82) is 0 Å². The summed E-state index contributed by atoms with van der Waals surface area (Å²) in [5.41, 5.74) is -2.10. The first-order valence-electron chi connectivity index (χ1n) is 6.98. The first-order chi connectivity index (χ1) is 10.3. The van der Waals surface area contributed by atoms with E-state index in [-0.39, 0.29) is 17.7 Å². The molecule has 0 aromatic heterocycles. The minimum atomic E-state index is -4.78. The average Bonchev–Trinajstić information content (AvgIpc) is 2.40. The largest absolute Gasteiger partial charge is 0.423 e. The van der Waals surface area contributed by atoms with Gasteiger partial charge in [0.25, 0.3) is 5.69 Å². The highest BCUT2D eigenvalue weighted by molar-refractivity contribution is 5.55. The van der Waals surface area contributed by atoms with Crippen molar-refractivity contribution in [1.82, 2.24) is 0 Å². The summed E-state index contributed by atoms with van der Waals surface area (Å²) in [6.45, 7) is 0.485. The van der Waals surface area contributed by atoms with E-state index in [2.05, 4.69) is 5.32 Å². The fourth-order valence-electron chi connectivity index (χ4n) is 2.75. The first-order valence-corrected chi connectivity index (χ1v) is 6.98. The molecule has 2 rings (SSSR count). The second-order valence-corrected chi connectivity index (χ2v) is 5.67. The van der Waals surface area contributed by atoms with Gasteiger partial charge in [-0.05, 0) is 36.8 Å². The summed E-state index contributed by atoms with van der Waals surface area (Å²) in [4.78, 5) is 9.66. The summed E-state index contributed by atoms with van der Waals surface area (Å²) < 4.78 is 38.7. The molecule has 0 unspecified atom stereocenters. The van der Waals surface area contributed by atoms with Crippen LogP contribution in [0.4, 0.5) is 24.5 Å². The minimum Gasteiger partial charge on any atom is -0.396 e. The van der Waals surface area contributed by atoms with Gasteiger partial charge in [-0.25, -0.2) is 0 Å². The predicted molar refractivity (Wildman–Crippen MR) is 74.6 cm³/mol. The molecule has 0 aliphatic heterocycles. The van der Waals surface area contributed by atoms with Crippen LogP contribution in [0.25, 0.3) is 0 Å². The number of alkyl halides is 3. The van der Waals surface area contributed by atoms with Gasteiger partial charge in [-0.2, -0.15) is 13.2 Å². The van der Waals surface area contributed by atoms with Crippen molar-refractivity contribution in [3.63, 3.8) is 0 Å². The normalized spacial score (nSPS) is 16.9. The summed E-state index contributed by atoms with van der Waals surface area (Å²) in [6.07, 6.45) is -1.31. The van der Waals surface area contributed by atoms with Crippen LogP contribution in [-0.2, 0) is 6.18 Å². The molecule has 1 aromatic carbocycles. The van der Waals surface area contributed by atoms with Crippen LogP contribution in [0.5, 0.6) is 0 Å². The van der Waals surface area contributed by atoms with Crippen LogP contribution in [0.1, 0.15) is 31.2 Å². The van der Waals surface area contributed by atoms with Crippen molar-refractivity contribution >= 4 is 11.4 Å². The maximum atomic E-state index is 12.9. The topological polar surface area (TPSA) is 75.4 Å². The van der Waals surface area contributed by atoms with Gasteiger partial charge >= 0.3 is 6.18 Å². The quantitative estimate of drug-likeness (QED) is 0.621. The van der Waals surface area contributed by atoms with Gasteiger partial charge in [0.05, 0.1) is 4.92 Å². The summed E-state index contributed by atoms with van der Waals surface area (Å²) in [5, 5.41) is 22.7. The third kappa shape index (κ3) is 3.49. The molecule has 5 nitrogen and oxygen atoms in total. The Hall–Kier alpha value is -1.83. The SMILES string of the molecule is O=[N+]([O-])c1ccc(NCC2(CCO)CCC2)cc1C(F)(F)F. The van der Waals surface area contributed by atoms with E-state index in [9.17, 15) is 23.3 Å². The third-order valence-corrected chi connectivity index (χ3v) is 4.22. The molecule has 1 aliphatic carbocycles. The lowest BCUT2D eigenvalue weighted by molar-refractivity contribution is -0.388. The summed E-state index contributed by atoms with van der Waals surface area (Å²) in [6, 6.07) is 2.91. The zero-order valence-electron chi connectivity index (χ0n) is 11.8. The van der Waals surface area contributed by atoms with Crippen LogP contribution in [0, 0.1) is 15.5 Å². The second kappa shape index (κ2) is 6.12. The average molecular weight is 318 g/mol. The molecule has 22 heavy (non-hydrogen) atoms. The number of halogens is 3. The second-order valence-electron chi connectivity index (χ2n) is 5.67. The summed E-state index contributed by atoms with van der Waals surface area (Å²) in [5.74, 6) is 0. The maximum absolute atomic E-state index is 12.9. The van der Waals surface area contributed by atoms with Gasteiger partial charge < -0.3 is 10.4 Å². The molecule has 0 bridgehead atoms. The van der Waals surface area contributed by atoms with Crippen molar-refractivity contribution in [2.45, 2.75) is 31.9 Å². The molecule has 0 spiro atoms. The highest BCUT2D eigenvalue weighted by atomic mass is 19.4. The van der Waals surface area contributed by atoms with Crippen LogP contribution in [0.3, 0.4) is 0 Å². The molecule has 0 atom stereocenters. The fourth-order valence-corrected chi connectivity index (χ4v) is 2.75. The van der Waals surface area contributed by atoms with Crippen molar-refractivity contribution in [3.05, 3.63) is 33.9 Å². The number of hydrogen-bond acceptors (Lipinski definition) is 4. The number of nitro groups is 1. The first kappa shape index (κ1) is 16.5. The number of anilines is 1. The van der Waals surface area contributed by atoms with E-state index in [0.717, 1.165) is 31.4 Å². The van der Waals surface area contributed by atoms with E-state index in [1.807, 2.05) is 0 Å². The van der Waals surface area contributed by atoms with Crippen LogP contribution < -0.4 is 5.32 Å². The Balaban J connectivity index is 2.17. The molecular weight excluding hydrogens is 301 g/mol. The van der Waals surface area contributed by atoms with Crippen molar-refractivity contribution in [3.8, 4) is 0 Å². The number of nitrogens with zero attached hydrogens (tertiary/aromatic N) is 1. The van der Waals surface area contributed by atoms with Crippen molar-refractivity contribution in [2.24, 2.45) is 5.41 Å². The molecular formula is C14H17F3N2O3. The molecule has 1 aromatic rings. The molecule has 0 heterocycles. The summed E-state index contributed by atoms with van der Waals surface area (Å²) in [7, 11) is 0. The zero-order valence-corrected chi connectivity index (χ0v) is 11.8. The number of nitro benzene ring substituents is 1. The standard InChI is InChI=1S/C14H17F3N2O3/c15-14(16,17)11-8-10(2-3-12(11)19(21)22)18-9-13(6-7-20)4-1-5-13/h2-3,8,18,20H,1,4-7,9H2. The highest BCUT2D eigenvalue weighted by Crippen LogP contribution is 2.44. The van der Waals surface area contributed by atoms with E-state index in [1.165, 1.54) is 6.07 Å². The number of nitrogens with one attached hydrogen (secondary N) is 1. The van der Waals surface area contributed by atoms with Crippen molar-refractivity contribution < 1.29 is 23.2 Å². The Morgan fingerprint density at radius 1 is 1.36 bits per heavy atom. The van der Waals surface area contributed by atoms with E-state index >= 15 is 0 Å². The monoisotopic (exact) mass is 318 g/mol. The summed E-state index contributed by atoms with van der Waals surface area (Å²) >= 11 is 0. The van der Waals surface area contributed by atoms with Gasteiger partial charge in [0.15, 0.2) is 0 Å². The van der Waals surface area contributed by atoms with Gasteiger partial charge in [-0.3, -0.25) is 10.1 Å². The molecule has 1 fully saturated rings. The lowest BCUT2D eigenvalue weighted by Crippen LogP contribution is -2.37. The van der Waals surface area contributed by atoms with Crippen molar-refractivity contribution in [2.75, 3.05) is 18.5 Å². The molecule has 0 saturated heterocycles. The van der Waals surface area contributed by atoms with Gasteiger partial charge in [-0.15, -0.1) is 0 Å². The van der Waals surface area contributed by atoms with E-state index in [0.29, 0.717) is 13.0 Å². The fraction of sp³-hybridized carbons (Fsp3) is 0.571. The van der Waals surface area contributed by atoms with Gasteiger partial charge in [-0.1, -0.05) is 6.42 Å². The Bertz CT molecular complexity index is 557. The lowest BCUT2D eigenvalue weighted by atomic mass is 9.67. The molecule has 2 N–H and O–H groups in total. The van der Waals surface area contributed by atoms with Crippen LogP contribution in [-0.4, -0.2) is 23.2 Å². The Labute approximate surface area is 125 Å². The molecule has 0 amide bonds. The Kier molecular flexibility index (Phi) is 4.60. The number of rotatable bonds is 6. The number of benzene rings is 1. The molecule has 1 saturated carbocycles. The molecule has 122 valence electrons. The smallest absolute Gasteiger partial charge is 0.396 e. The Morgan fingerprint density at radius 2 is 2.05 bits per heavy atom. The Morgan fingerprint density at radius 3 is 2.50 bits per heavy atom. The van der Waals surface area contributed by atoms with E-state index in [1.54, 1.807) is 0 Å². The van der Waals surface area contributed by atoms with Gasteiger partial charge in [0.2, 0.25) is 0 Å². The molecule has 8 heteroatoms. The van der Waals surface area contributed by atoms with E-state index in [4.69, 9.17) is 5.11 Å². The van der Waals surface area contributed by atoms with Crippen LogP contribution in [0.2, 0.25) is 0 Å². The number of aliphatic hydroxyl groups excluding tert-OH is 1. The van der Waals surface area contributed by atoms with E-state index < -0.39 is 22.4 Å². The number of aliphatic hydroxyl groups is 1.